The van der Waals surface area contributed by atoms with Crippen LogP contribution in [0.15, 0.2) is 12.4 Å². The van der Waals surface area contributed by atoms with Crippen molar-refractivity contribution in [3.8, 4) is 0 Å². The van der Waals surface area contributed by atoms with E-state index in [1.165, 1.54) is 12.8 Å². The van der Waals surface area contributed by atoms with Gasteiger partial charge in [-0.25, -0.2) is 0 Å². The Morgan fingerprint density at radius 1 is 1.25 bits per heavy atom. The molecule has 1 aromatic rings. The highest BCUT2D eigenvalue weighted by molar-refractivity contribution is 5.82. The van der Waals surface area contributed by atoms with Crippen LogP contribution in [0, 0.1) is 12.3 Å². The first-order valence-electron chi connectivity index (χ1n) is 7.42. The van der Waals surface area contributed by atoms with Gasteiger partial charge >= 0.3 is 0 Å². The second-order valence-electron chi connectivity index (χ2n) is 5.73. The molecule has 1 aromatic heterocycles. The van der Waals surface area contributed by atoms with E-state index in [1.807, 2.05) is 6.92 Å². The number of rotatable bonds is 4. The van der Waals surface area contributed by atoms with E-state index < -0.39 is 0 Å². The van der Waals surface area contributed by atoms with Crippen LogP contribution in [0.5, 0.6) is 0 Å². The second-order valence-corrected chi connectivity index (χ2v) is 5.73. The molecular weight excluding hydrogens is 252 g/mol. The number of amides is 1. The quantitative estimate of drug-likeness (QED) is 0.820. The number of carbonyl (C=O) groups excluding carboxylic acids is 1. The molecule has 0 spiro atoms. The summed E-state index contributed by atoms with van der Waals surface area (Å²) >= 11 is 0. The van der Waals surface area contributed by atoms with Crippen LogP contribution in [-0.4, -0.2) is 22.4 Å². The third-order valence-corrected chi connectivity index (χ3v) is 4.20. The summed E-state index contributed by atoms with van der Waals surface area (Å²) in [6.45, 7) is 2.75. The van der Waals surface area contributed by atoms with Gasteiger partial charge < -0.3 is 11.1 Å². The van der Waals surface area contributed by atoms with Crippen molar-refractivity contribution < 1.29 is 4.79 Å². The van der Waals surface area contributed by atoms with Crippen LogP contribution >= 0.6 is 0 Å². The second kappa shape index (κ2) is 6.79. The van der Waals surface area contributed by atoms with Gasteiger partial charge in [0.05, 0.1) is 29.5 Å². The van der Waals surface area contributed by atoms with E-state index in [-0.39, 0.29) is 11.3 Å². The Morgan fingerprint density at radius 2 is 1.95 bits per heavy atom. The molecular formula is C15H24N4O. The topological polar surface area (TPSA) is 80.9 Å². The summed E-state index contributed by atoms with van der Waals surface area (Å²) in [6.07, 6.45) is 9.81. The van der Waals surface area contributed by atoms with E-state index >= 15 is 0 Å². The van der Waals surface area contributed by atoms with Crippen LogP contribution in [0.3, 0.4) is 0 Å². The molecule has 5 nitrogen and oxygen atoms in total. The van der Waals surface area contributed by atoms with Crippen molar-refractivity contribution in [2.75, 3.05) is 6.54 Å². The highest BCUT2D eigenvalue weighted by atomic mass is 16.2. The van der Waals surface area contributed by atoms with Crippen molar-refractivity contribution in [2.24, 2.45) is 11.1 Å². The Kier molecular flexibility index (Phi) is 5.06. The third kappa shape index (κ3) is 3.54. The molecule has 0 aliphatic heterocycles. The summed E-state index contributed by atoms with van der Waals surface area (Å²) in [7, 11) is 0. The summed E-state index contributed by atoms with van der Waals surface area (Å²) in [6, 6.07) is 0. The maximum absolute atomic E-state index is 12.5. The van der Waals surface area contributed by atoms with Gasteiger partial charge in [-0.15, -0.1) is 0 Å². The normalized spacial score (nSPS) is 18.3. The lowest BCUT2D eigenvalue weighted by Crippen LogP contribution is -2.45. The van der Waals surface area contributed by atoms with Gasteiger partial charge in [0, 0.05) is 12.7 Å². The van der Waals surface area contributed by atoms with Gasteiger partial charge in [-0.1, -0.05) is 25.7 Å². The Hall–Kier alpha value is -1.49. The van der Waals surface area contributed by atoms with Crippen molar-refractivity contribution >= 4 is 5.91 Å². The minimum atomic E-state index is -0.380. The van der Waals surface area contributed by atoms with Gasteiger partial charge in [-0.05, 0) is 19.8 Å². The van der Waals surface area contributed by atoms with Gasteiger partial charge in [-0.2, -0.15) is 0 Å². The molecule has 1 aliphatic carbocycles. The Balaban J connectivity index is 1.96. The number of nitrogens with two attached hydrogens (primary N) is 1. The number of hydrogen-bond donors (Lipinski definition) is 2. The number of carbonyl (C=O) groups is 1. The molecule has 1 saturated carbocycles. The summed E-state index contributed by atoms with van der Waals surface area (Å²) in [5.41, 5.74) is 7.19. The predicted octanol–water partition coefficient (Wildman–Crippen LogP) is 1.70. The van der Waals surface area contributed by atoms with Crippen molar-refractivity contribution in [2.45, 2.75) is 52.0 Å². The lowest BCUT2D eigenvalue weighted by Gasteiger charge is -2.29. The molecule has 2 rings (SSSR count). The van der Waals surface area contributed by atoms with Crippen LogP contribution in [-0.2, 0) is 11.3 Å². The van der Waals surface area contributed by atoms with Gasteiger partial charge in [-0.3, -0.25) is 14.8 Å². The highest BCUT2D eigenvalue weighted by Gasteiger charge is 2.36. The van der Waals surface area contributed by atoms with Crippen LogP contribution in [0.1, 0.15) is 49.9 Å². The number of aromatic nitrogens is 2. The standard InChI is InChI=1S/C15H24N4O/c1-12-8-18-13(9-17-12)10-19-14(20)15(11-16)6-4-2-3-5-7-15/h8-9H,2-7,10-11,16H2,1H3,(H,19,20). The molecule has 0 saturated heterocycles. The van der Waals surface area contributed by atoms with Crippen molar-refractivity contribution in [1.29, 1.82) is 0 Å². The fourth-order valence-corrected chi connectivity index (χ4v) is 2.80. The van der Waals surface area contributed by atoms with Gasteiger partial charge in [0.1, 0.15) is 0 Å². The number of nitrogens with one attached hydrogen (secondary N) is 1. The Labute approximate surface area is 120 Å². The van der Waals surface area contributed by atoms with Crippen molar-refractivity contribution in [1.82, 2.24) is 15.3 Å². The molecule has 110 valence electrons. The fourth-order valence-electron chi connectivity index (χ4n) is 2.80. The SMILES string of the molecule is Cc1cnc(CNC(=O)C2(CN)CCCCCC2)cn1. The third-order valence-electron chi connectivity index (χ3n) is 4.20. The molecule has 20 heavy (non-hydrogen) atoms. The zero-order valence-corrected chi connectivity index (χ0v) is 12.2. The zero-order chi connectivity index (χ0) is 14.4. The minimum absolute atomic E-state index is 0.0734. The van der Waals surface area contributed by atoms with Gasteiger partial charge in [0.2, 0.25) is 5.91 Å². The van der Waals surface area contributed by atoms with E-state index in [1.54, 1.807) is 12.4 Å². The van der Waals surface area contributed by atoms with Crippen molar-refractivity contribution in [3.05, 3.63) is 23.8 Å². The van der Waals surface area contributed by atoms with Crippen LogP contribution in [0.25, 0.3) is 0 Å². The number of hydrogen-bond acceptors (Lipinski definition) is 4. The molecule has 3 N–H and O–H groups in total. The van der Waals surface area contributed by atoms with E-state index in [2.05, 4.69) is 15.3 Å². The molecule has 5 heteroatoms. The van der Waals surface area contributed by atoms with Crippen LogP contribution < -0.4 is 11.1 Å². The first kappa shape index (κ1) is 14.9. The maximum Gasteiger partial charge on any atom is 0.227 e. The Bertz CT molecular complexity index is 436. The first-order chi connectivity index (χ1) is 9.66. The molecule has 0 aromatic carbocycles. The smallest absolute Gasteiger partial charge is 0.227 e. The predicted molar refractivity (Wildman–Crippen MR) is 77.8 cm³/mol. The highest BCUT2D eigenvalue weighted by Crippen LogP contribution is 2.34. The monoisotopic (exact) mass is 276 g/mol. The lowest BCUT2D eigenvalue weighted by molar-refractivity contribution is -0.131. The average Bonchev–Trinajstić information content (AvgIpc) is 2.73. The molecule has 0 atom stereocenters. The molecule has 1 fully saturated rings. The van der Waals surface area contributed by atoms with Gasteiger partial charge in [0.15, 0.2) is 0 Å². The first-order valence-corrected chi connectivity index (χ1v) is 7.42. The number of aryl methyl sites for hydroxylation is 1. The average molecular weight is 276 g/mol. The minimum Gasteiger partial charge on any atom is -0.350 e. The zero-order valence-electron chi connectivity index (χ0n) is 12.2. The molecule has 1 heterocycles. The maximum atomic E-state index is 12.5. The summed E-state index contributed by atoms with van der Waals surface area (Å²) < 4.78 is 0. The van der Waals surface area contributed by atoms with Crippen LogP contribution in [0.4, 0.5) is 0 Å². The number of nitrogens with zero attached hydrogens (tertiary/aromatic N) is 2. The van der Waals surface area contributed by atoms with Gasteiger partial charge in [0.25, 0.3) is 0 Å². The van der Waals surface area contributed by atoms with E-state index in [0.717, 1.165) is 37.1 Å². The summed E-state index contributed by atoms with van der Waals surface area (Å²) in [5, 5.41) is 2.99. The van der Waals surface area contributed by atoms with E-state index in [0.29, 0.717) is 13.1 Å². The van der Waals surface area contributed by atoms with E-state index in [9.17, 15) is 4.79 Å². The summed E-state index contributed by atoms with van der Waals surface area (Å²) in [5.74, 6) is 0.0734. The fraction of sp³-hybridized carbons (Fsp3) is 0.667. The molecule has 1 aliphatic rings. The molecule has 0 radical (unpaired) electrons. The largest absolute Gasteiger partial charge is 0.350 e. The molecule has 0 unspecified atom stereocenters. The summed E-state index contributed by atoms with van der Waals surface area (Å²) in [4.78, 5) is 20.9. The van der Waals surface area contributed by atoms with Crippen molar-refractivity contribution in [3.63, 3.8) is 0 Å². The van der Waals surface area contributed by atoms with E-state index in [4.69, 9.17) is 5.73 Å². The Morgan fingerprint density at radius 3 is 2.50 bits per heavy atom. The molecule has 1 amide bonds. The van der Waals surface area contributed by atoms with Crippen LogP contribution in [0.2, 0.25) is 0 Å². The molecule has 0 bridgehead atoms. The lowest BCUT2D eigenvalue weighted by atomic mass is 9.79.